The molecule has 0 bridgehead atoms. The molecule has 4 nitrogen and oxygen atoms in total. The van der Waals surface area contributed by atoms with Crippen molar-refractivity contribution in [2.75, 3.05) is 17.2 Å². The molecule has 1 heterocycles. The number of nitrogens with zero attached hydrogens (tertiary/aromatic N) is 2. The number of nitrogens with two attached hydrogens (primary N) is 2. The third kappa shape index (κ3) is 2.30. The van der Waals surface area contributed by atoms with E-state index in [9.17, 15) is 0 Å². The number of aromatic nitrogens is 1. The molecule has 0 amide bonds. The van der Waals surface area contributed by atoms with Crippen LogP contribution in [0.4, 0.5) is 11.5 Å². The van der Waals surface area contributed by atoms with E-state index in [1.807, 2.05) is 6.07 Å². The molecule has 0 saturated heterocycles. The second-order valence-corrected chi connectivity index (χ2v) is 3.86. The molecule has 0 aliphatic heterocycles. The minimum Gasteiger partial charge on any atom is -0.397 e. The lowest BCUT2D eigenvalue weighted by atomic mass is 10.2. The highest BCUT2D eigenvalue weighted by molar-refractivity contribution is 7.99. The van der Waals surface area contributed by atoms with Crippen LogP contribution in [0.2, 0.25) is 0 Å². The fraction of sp³-hybridized carbons (Fsp3) is 0.333. The molecule has 0 radical (unpaired) electrons. The molecule has 14 heavy (non-hydrogen) atoms. The Hall–Kier alpha value is -1.41. The van der Waals surface area contributed by atoms with Crippen molar-refractivity contribution in [1.82, 2.24) is 4.98 Å². The predicted octanol–water partition coefficient (Wildman–Crippen LogP) is 1.62. The van der Waals surface area contributed by atoms with Crippen molar-refractivity contribution in [1.29, 1.82) is 5.26 Å². The van der Waals surface area contributed by atoms with Crippen LogP contribution < -0.4 is 11.5 Å². The summed E-state index contributed by atoms with van der Waals surface area (Å²) in [6.45, 7) is 2.06. The quantitative estimate of drug-likeness (QED) is 0.737. The van der Waals surface area contributed by atoms with Gasteiger partial charge in [0.25, 0.3) is 0 Å². The number of nitriles is 1. The molecule has 0 aliphatic carbocycles. The van der Waals surface area contributed by atoms with Gasteiger partial charge in [0.05, 0.1) is 5.69 Å². The Labute approximate surface area is 87.3 Å². The average molecular weight is 208 g/mol. The van der Waals surface area contributed by atoms with Gasteiger partial charge in [0.2, 0.25) is 0 Å². The Kier molecular flexibility index (Phi) is 3.60. The highest BCUT2D eigenvalue weighted by atomic mass is 32.2. The summed E-state index contributed by atoms with van der Waals surface area (Å²) in [5.41, 5.74) is 12.0. The highest BCUT2D eigenvalue weighted by Crippen LogP contribution is 2.26. The van der Waals surface area contributed by atoms with Crippen molar-refractivity contribution >= 4 is 23.3 Å². The van der Waals surface area contributed by atoms with Gasteiger partial charge < -0.3 is 11.5 Å². The smallest absolute Gasteiger partial charge is 0.126 e. The van der Waals surface area contributed by atoms with Gasteiger partial charge in [0.1, 0.15) is 22.5 Å². The summed E-state index contributed by atoms with van der Waals surface area (Å²) >= 11 is 1.51. The summed E-state index contributed by atoms with van der Waals surface area (Å²) in [6.07, 6.45) is 1.02. The SMILES string of the molecule is CCCSc1nc(N)cc(N)c1C#N. The van der Waals surface area contributed by atoms with Crippen molar-refractivity contribution in [3.05, 3.63) is 11.6 Å². The van der Waals surface area contributed by atoms with Crippen molar-refractivity contribution in [3.8, 4) is 6.07 Å². The van der Waals surface area contributed by atoms with Crippen LogP contribution in [0.5, 0.6) is 0 Å². The van der Waals surface area contributed by atoms with Crippen molar-refractivity contribution < 1.29 is 0 Å². The zero-order valence-electron chi connectivity index (χ0n) is 7.95. The van der Waals surface area contributed by atoms with Crippen LogP contribution in [0.15, 0.2) is 11.1 Å². The maximum absolute atomic E-state index is 8.87. The molecule has 74 valence electrons. The molecule has 4 N–H and O–H groups in total. The van der Waals surface area contributed by atoms with E-state index in [4.69, 9.17) is 16.7 Å². The van der Waals surface area contributed by atoms with Gasteiger partial charge in [-0.15, -0.1) is 11.8 Å². The van der Waals surface area contributed by atoms with Gasteiger partial charge in [-0.3, -0.25) is 0 Å². The monoisotopic (exact) mass is 208 g/mol. The van der Waals surface area contributed by atoms with E-state index >= 15 is 0 Å². The van der Waals surface area contributed by atoms with E-state index in [1.165, 1.54) is 17.8 Å². The minimum atomic E-state index is 0.361. The Balaban J connectivity index is 3.07. The lowest BCUT2D eigenvalue weighted by Crippen LogP contribution is -2.00. The van der Waals surface area contributed by atoms with Crippen LogP contribution in [0.1, 0.15) is 18.9 Å². The number of pyridine rings is 1. The fourth-order valence-electron chi connectivity index (χ4n) is 0.976. The summed E-state index contributed by atoms with van der Waals surface area (Å²) in [5.74, 6) is 1.27. The van der Waals surface area contributed by atoms with Gasteiger partial charge in [0, 0.05) is 6.07 Å². The maximum Gasteiger partial charge on any atom is 0.126 e. The topological polar surface area (TPSA) is 88.7 Å². The number of hydrogen-bond donors (Lipinski definition) is 2. The van der Waals surface area contributed by atoms with E-state index in [0.29, 0.717) is 22.1 Å². The number of rotatable bonds is 3. The number of anilines is 2. The number of thioether (sulfide) groups is 1. The molecule has 1 aromatic heterocycles. The third-order valence-corrected chi connectivity index (χ3v) is 2.77. The van der Waals surface area contributed by atoms with Gasteiger partial charge >= 0.3 is 0 Å². The first kappa shape index (κ1) is 10.7. The molecule has 0 saturated carbocycles. The maximum atomic E-state index is 8.87. The fourth-order valence-corrected chi connectivity index (χ4v) is 1.85. The van der Waals surface area contributed by atoms with Crippen LogP contribution in [-0.2, 0) is 0 Å². The molecule has 1 aromatic rings. The van der Waals surface area contributed by atoms with Gasteiger partial charge in [-0.25, -0.2) is 4.98 Å². The van der Waals surface area contributed by atoms with Crippen LogP contribution >= 0.6 is 11.8 Å². The van der Waals surface area contributed by atoms with Gasteiger partial charge in [-0.05, 0) is 12.2 Å². The summed E-state index contributed by atoms with van der Waals surface area (Å²) < 4.78 is 0. The standard InChI is InChI=1S/C9H12N4S/c1-2-3-14-9-6(5-10)7(11)4-8(12)13-9/h4H,2-3H2,1H3,(H4,11,12,13). The molecule has 0 aliphatic rings. The summed E-state index contributed by atoms with van der Waals surface area (Å²) in [4.78, 5) is 4.08. The van der Waals surface area contributed by atoms with Crippen LogP contribution in [0, 0.1) is 11.3 Å². The molecule has 0 unspecified atom stereocenters. The van der Waals surface area contributed by atoms with E-state index < -0.39 is 0 Å². The van der Waals surface area contributed by atoms with Crippen molar-refractivity contribution in [3.63, 3.8) is 0 Å². The molecular weight excluding hydrogens is 196 g/mol. The van der Waals surface area contributed by atoms with E-state index in [2.05, 4.69) is 11.9 Å². The molecular formula is C9H12N4S. The predicted molar refractivity (Wildman–Crippen MR) is 58.8 cm³/mol. The lowest BCUT2D eigenvalue weighted by molar-refractivity contribution is 1.08. The number of hydrogen-bond acceptors (Lipinski definition) is 5. The minimum absolute atomic E-state index is 0.361. The zero-order valence-corrected chi connectivity index (χ0v) is 8.77. The summed E-state index contributed by atoms with van der Waals surface area (Å²) in [7, 11) is 0. The molecule has 0 aromatic carbocycles. The second-order valence-electron chi connectivity index (χ2n) is 2.78. The average Bonchev–Trinajstić information content (AvgIpc) is 2.14. The summed E-state index contributed by atoms with van der Waals surface area (Å²) in [5, 5.41) is 9.50. The van der Waals surface area contributed by atoms with E-state index in [0.717, 1.165) is 12.2 Å². The van der Waals surface area contributed by atoms with Gasteiger partial charge in [-0.1, -0.05) is 6.92 Å². The molecule has 1 rings (SSSR count). The lowest BCUT2D eigenvalue weighted by Gasteiger charge is -2.05. The van der Waals surface area contributed by atoms with E-state index in [-0.39, 0.29) is 0 Å². The Bertz CT molecular complexity index is 370. The van der Waals surface area contributed by atoms with Crippen LogP contribution in [-0.4, -0.2) is 10.7 Å². The molecule has 0 spiro atoms. The van der Waals surface area contributed by atoms with Crippen molar-refractivity contribution in [2.24, 2.45) is 0 Å². The second kappa shape index (κ2) is 4.72. The van der Waals surface area contributed by atoms with Gasteiger partial charge in [0.15, 0.2) is 0 Å². The zero-order chi connectivity index (χ0) is 10.6. The van der Waals surface area contributed by atoms with E-state index in [1.54, 1.807) is 0 Å². The summed E-state index contributed by atoms with van der Waals surface area (Å²) in [6, 6.07) is 3.54. The van der Waals surface area contributed by atoms with Crippen molar-refractivity contribution in [2.45, 2.75) is 18.4 Å². The number of nitrogen functional groups attached to an aromatic ring is 2. The first-order valence-corrected chi connectivity index (χ1v) is 5.26. The first-order chi connectivity index (χ1) is 6.69. The first-order valence-electron chi connectivity index (χ1n) is 4.28. The highest BCUT2D eigenvalue weighted by Gasteiger charge is 2.09. The Morgan fingerprint density at radius 2 is 2.29 bits per heavy atom. The Morgan fingerprint density at radius 3 is 2.86 bits per heavy atom. The normalized spacial score (nSPS) is 9.71. The largest absolute Gasteiger partial charge is 0.397 e. The molecule has 0 atom stereocenters. The van der Waals surface area contributed by atoms with Crippen LogP contribution in [0.3, 0.4) is 0 Å². The third-order valence-electron chi connectivity index (χ3n) is 1.59. The molecule has 0 fully saturated rings. The molecule has 5 heteroatoms. The Morgan fingerprint density at radius 1 is 1.57 bits per heavy atom. The van der Waals surface area contributed by atoms with Gasteiger partial charge in [-0.2, -0.15) is 5.26 Å². The van der Waals surface area contributed by atoms with Crippen LogP contribution in [0.25, 0.3) is 0 Å².